The zero-order valence-electron chi connectivity index (χ0n) is 32.3. The average molecular weight is 748 g/mol. The van der Waals surface area contributed by atoms with Crippen molar-refractivity contribution in [1.82, 2.24) is 0 Å². The average Bonchev–Trinajstić information content (AvgIpc) is 3.64. The van der Waals surface area contributed by atoms with Crippen LogP contribution in [0.3, 0.4) is 0 Å². The predicted octanol–water partition coefficient (Wildman–Crippen LogP) is 16.4. The van der Waals surface area contributed by atoms with Crippen molar-refractivity contribution in [3.05, 3.63) is 224 Å². The third kappa shape index (κ3) is 5.47. The van der Waals surface area contributed by atoms with Crippen LogP contribution in [0.25, 0.3) is 98.7 Å². The Labute approximate surface area is 343 Å². The molecule has 0 heterocycles. The molecule has 59 heavy (non-hydrogen) atoms. The zero-order chi connectivity index (χ0) is 38.9. The third-order valence-electron chi connectivity index (χ3n) is 12.4. The monoisotopic (exact) mass is 747 g/mol. The van der Waals surface area contributed by atoms with E-state index in [1.807, 2.05) is 0 Å². The van der Waals surface area contributed by atoms with Crippen molar-refractivity contribution in [1.29, 1.82) is 0 Å². The molecule has 0 aromatic heterocycles. The van der Waals surface area contributed by atoms with Gasteiger partial charge >= 0.3 is 0 Å². The van der Waals surface area contributed by atoms with Crippen molar-refractivity contribution in [2.45, 2.75) is 0 Å². The summed E-state index contributed by atoms with van der Waals surface area (Å²) < 4.78 is 0. The highest BCUT2D eigenvalue weighted by Crippen LogP contribution is 2.49. The van der Waals surface area contributed by atoms with Crippen LogP contribution < -0.4 is 4.90 Å². The van der Waals surface area contributed by atoms with Crippen LogP contribution in [0.1, 0.15) is 0 Å². The molecule has 0 radical (unpaired) electrons. The molecule has 11 aromatic carbocycles. The molecule has 0 saturated carbocycles. The van der Waals surface area contributed by atoms with Crippen LogP contribution >= 0.6 is 0 Å². The van der Waals surface area contributed by atoms with E-state index in [2.05, 4.69) is 229 Å². The maximum absolute atomic E-state index is 2.39. The summed E-state index contributed by atoms with van der Waals surface area (Å²) in [5.41, 5.74) is 15.9. The van der Waals surface area contributed by atoms with Gasteiger partial charge in [-0.3, -0.25) is 0 Å². The molecule has 0 aliphatic heterocycles. The van der Waals surface area contributed by atoms with Crippen molar-refractivity contribution < 1.29 is 0 Å². The van der Waals surface area contributed by atoms with Gasteiger partial charge in [-0.15, -0.1) is 0 Å². The second kappa shape index (κ2) is 13.4. The molecule has 1 heteroatoms. The molecule has 12 rings (SSSR count). The number of anilines is 3. The van der Waals surface area contributed by atoms with Crippen LogP contribution in [-0.2, 0) is 0 Å². The van der Waals surface area contributed by atoms with Gasteiger partial charge in [-0.1, -0.05) is 182 Å². The molecule has 0 fully saturated rings. The quantitative estimate of drug-likeness (QED) is 0.153. The van der Waals surface area contributed by atoms with Gasteiger partial charge in [-0.25, -0.2) is 0 Å². The highest BCUT2D eigenvalue weighted by Gasteiger charge is 2.22. The van der Waals surface area contributed by atoms with Crippen molar-refractivity contribution in [3.63, 3.8) is 0 Å². The Balaban J connectivity index is 0.973. The maximum Gasteiger partial charge on any atom is 0.0467 e. The topological polar surface area (TPSA) is 3.24 Å². The lowest BCUT2D eigenvalue weighted by Gasteiger charge is -2.26. The molecule has 1 nitrogen and oxygen atoms in total. The van der Waals surface area contributed by atoms with Gasteiger partial charge in [0.2, 0.25) is 0 Å². The summed E-state index contributed by atoms with van der Waals surface area (Å²) >= 11 is 0. The van der Waals surface area contributed by atoms with Gasteiger partial charge in [0.15, 0.2) is 0 Å². The number of hydrogen-bond acceptors (Lipinski definition) is 1. The predicted molar refractivity (Wildman–Crippen MR) is 252 cm³/mol. The fourth-order valence-corrected chi connectivity index (χ4v) is 9.57. The Bertz CT molecular complexity index is 3400. The SMILES string of the molecule is c1cc(-c2ccc3ccc4ccccc4c3c2)cc(N(c2ccc(-c3cccc4ccccc34)cc2)c2ccc(-c3ccc4c5c(cccc35)-c3ccccc3-4)cc2)c1. The summed E-state index contributed by atoms with van der Waals surface area (Å²) in [6.07, 6.45) is 0. The van der Waals surface area contributed by atoms with Gasteiger partial charge in [0, 0.05) is 17.1 Å². The molecule has 11 aromatic rings. The molecule has 0 unspecified atom stereocenters. The number of rotatable bonds is 6. The summed E-state index contributed by atoms with van der Waals surface area (Å²) in [7, 11) is 0. The highest BCUT2D eigenvalue weighted by atomic mass is 15.1. The molecule has 0 N–H and O–H groups in total. The van der Waals surface area contributed by atoms with E-state index in [0.29, 0.717) is 0 Å². The lowest BCUT2D eigenvalue weighted by atomic mass is 9.94. The lowest BCUT2D eigenvalue weighted by Crippen LogP contribution is -2.10. The third-order valence-corrected chi connectivity index (χ3v) is 12.4. The van der Waals surface area contributed by atoms with Gasteiger partial charge in [0.05, 0.1) is 0 Å². The largest absolute Gasteiger partial charge is 0.310 e. The number of hydrogen-bond donors (Lipinski definition) is 0. The van der Waals surface area contributed by atoms with Crippen LogP contribution in [0, 0.1) is 0 Å². The molecule has 0 spiro atoms. The number of benzene rings is 11. The first-order valence-electron chi connectivity index (χ1n) is 20.4. The Hall–Kier alpha value is -7.74. The van der Waals surface area contributed by atoms with Crippen LogP contribution in [-0.4, -0.2) is 0 Å². The number of fused-ring (bicyclic) bond motifs is 7. The minimum atomic E-state index is 1.10. The molecular formula is C58H37N. The van der Waals surface area contributed by atoms with E-state index in [1.54, 1.807) is 0 Å². The molecule has 1 aliphatic rings. The summed E-state index contributed by atoms with van der Waals surface area (Å²) in [5, 5.41) is 10.2. The van der Waals surface area contributed by atoms with Crippen molar-refractivity contribution in [2.24, 2.45) is 0 Å². The first-order valence-corrected chi connectivity index (χ1v) is 20.4. The molecule has 0 bridgehead atoms. The summed E-state index contributed by atoms with van der Waals surface area (Å²) in [6.45, 7) is 0. The van der Waals surface area contributed by atoms with Gasteiger partial charge < -0.3 is 4.90 Å². The molecule has 0 saturated heterocycles. The second-order valence-electron chi connectivity index (χ2n) is 15.7. The van der Waals surface area contributed by atoms with Crippen LogP contribution in [0.4, 0.5) is 17.1 Å². The van der Waals surface area contributed by atoms with E-state index in [0.717, 1.165) is 17.1 Å². The van der Waals surface area contributed by atoms with Gasteiger partial charge in [-0.05, 0) is 141 Å². The van der Waals surface area contributed by atoms with E-state index >= 15 is 0 Å². The maximum atomic E-state index is 2.39. The van der Waals surface area contributed by atoms with Gasteiger partial charge in [0.25, 0.3) is 0 Å². The first kappa shape index (κ1) is 33.4. The Morgan fingerprint density at radius 1 is 0.220 bits per heavy atom. The van der Waals surface area contributed by atoms with Crippen LogP contribution in [0.2, 0.25) is 0 Å². The van der Waals surface area contributed by atoms with Crippen molar-refractivity contribution in [2.75, 3.05) is 4.90 Å². The summed E-state index contributed by atoms with van der Waals surface area (Å²) in [5.74, 6) is 0. The Kier molecular flexibility index (Phi) is 7.61. The molecule has 274 valence electrons. The van der Waals surface area contributed by atoms with Crippen LogP contribution in [0.15, 0.2) is 224 Å². The zero-order valence-corrected chi connectivity index (χ0v) is 32.3. The molecule has 0 amide bonds. The van der Waals surface area contributed by atoms with E-state index < -0.39 is 0 Å². The fourth-order valence-electron chi connectivity index (χ4n) is 9.57. The molecule has 0 atom stereocenters. The second-order valence-corrected chi connectivity index (χ2v) is 15.7. The van der Waals surface area contributed by atoms with E-state index in [4.69, 9.17) is 0 Å². The molecular weight excluding hydrogens is 711 g/mol. The Morgan fingerprint density at radius 2 is 0.678 bits per heavy atom. The van der Waals surface area contributed by atoms with E-state index in [9.17, 15) is 0 Å². The van der Waals surface area contributed by atoms with Crippen molar-refractivity contribution in [3.8, 4) is 55.6 Å². The molecule has 1 aliphatic carbocycles. The van der Waals surface area contributed by atoms with E-state index in [-0.39, 0.29) is 0 Å². The van der Waals surface area contributed by atoms with Gasteiger partial charge in [0.1, 0.15) is 0 Å². The highest BCUT2D eigenvalue weighted by molar-refractivity contribution is 6.18. The first-order chi connectivity index (χ1) is 29.2. The van der Waals surface area contributed by atoms with E-state index in [1.165, 1.54) is 98.7 Å². The van der Waals surface area contributed by atoms with Crippen molar-refractivity contribution >= 4 is 60.2 Å². The fraction of sp³-hybridized carbons (Fsp3) is 0. The smallest absolute Gasteiger partial charge is 0.0467 e. The summed E-state index contributed by atoms with van der Waals surface area (Å²) in [4.78, 5) is 2.39. The lowest BCUT2D eigenvalue weighted by molar-refractivity contribution is 1.28. The van der Waals surface area contributed by atoms with Gasteiger partial charge in [-0.2, -0.15) is 0 Å². The standard InChI is InChI=1S/C58H37N/c1-3-15-48-38(10-1)12-8-19-49(48)40-26-30-45(31-27-40)59(47-14-7-13-43(36-47)44-25-24-42-23-22-39-11-2-4-16-50(39)57(42)37-44)46-32-28-41(29-33-46)51-34-35-56-53-18-6-5-17-52(53)55-21-9-20-54(51)58(55)56/h1-37H. The minimum Gasteiger partial charge on any atom is -0.310 e. The number of nitrogens with zero attached hydrogens (tertiary/aromatic N) is 1. The Morgan fingerprint density at radius 3 is 1.42 bits per heavy atom. The normalized spacial score (nSPS) is 11.7. The minimum absolute atomic E-state index is 1.10. The summed E-state index contributed by atoms with van der Waals surface area (Å²) in [6, 6.07) is 82.5. The van der Waals surface area contributed by atoms with Crippen LogP contribution in [0.5, 0.6) is 0 Å².